The Kier molecular flexibility index (Phi) is 5.45. The third kappa shape index (κ3) is 5.16. The van der Waals surface area contributed by atoms with Crippen molar-refractivity contribution in [1.82, 2.24) is 15.0 Å². The second kappa shape index (κ2) is 7.14. The van der Waals surface area contributed by atoms with Crippen LogP contribution >= 0.6 is 0 Å². The molecule has 1 amide bonds. The number of fused-ring (bicyclic) bond motifs is 1. The summed E-state index contributed by atoms with van der Waals surface area (Å²) in [6.45, 7) is 6.51. The second-order valence-corrected chi connectivity index (χ2v) is 8.70. The maximum absolute atomic E-state index is 14.1. The molecule has 0 unspecified atom stereocenters. The smallest absolute Gasteiger partial charge is 0.408 e. The molecule has 1 heterocycles. The fourth-order valence-corrected chi connectivity index (χ4v) is 2.81. The highest BCUT2D eigenvalue weighted by atomic mass is 32.2. The molecule has 2 aromatic rings. The average Bonchev–Trinajstić information content (AvgIpc) is 2.46. The van der Waals surface area contributed by atoms with E-state index >= 15 is 0 Å². The third-order valence-corrected chi connectivity index (χ3v) is 3.76. The zero-order valence-electron chi connectivity index (χ0n) is 15.5. The summed E-state index contributed by atoms with van der Waals surface area (Å²) in [5, 5.41) is 2.10. The SMILES string of the molecule is C[C@H](NC(=O)OC(C)(C)C)c1nc2cccc(F)c2c(=O)n1NS(C)(=O)=O. The van der Waals surface area contributed by atoms with Crippen LogP contribution in [-0.2, 0) is 14.8 Å². The van der Waals surface area contributed by atoms with Gasteiger partial charge in [0.2, 0.25) is 10.0 Å². The van der Waals surface area contributed by atoms with Gasteiger partial charge in [0.1, 0.15) is 16.8 Å². The van der Waals surface area contributed by atoms with Crippen LogP contribution in [0.5, 0.6) is 0 Å². The van der Waals surface area contributed by atoms with Gasteiger partial charge in [-0.2, -0.15) is 4.68 Å². The third-order valence-electron chi connectivity index (χ3n) is 3.25. The van der Waals surface area contributed by atoms with Crippen LogP contribution in [0.3, 0.4) is 0 Å². The molecule has 11 heteroatoms. The molecular weight excluding hydrogens is 379 g/mol. The summed E-state index contributed by atoms with van der Waals surface area (Å²) < 4.78 is 43.1. The Morgan fingerprint density at radius 2 is 1.96 bits per heavy atom. The number of benzene rings is 1. The molecular formula is C16H21FN4O5S. The van der Waals surface area contributed by atoms with E-state index in [4.69, 9.17) is 4.74 Å². The lowest BCUT2D eigenvalue weighted by Gasteiger charge is -2.23. The quantitative estimate of drug-likeness (QED) is 0.805. The molecule has 0 bridgehead atoms. The monoisotopic (exact) mass is 400 g/mol. The molecule has 0 aliphatic carbocycles. The van der Waals surface area contributed by atoms with Crippen LogP contribution in [0.4, 0.5) is 9.18 Å². The zero-order valence-corrected chi connectivity index (χ0v) is 16.3. The van der Waals surface area contributed by atoms with Gasteiger partial charge >= 0.3 is 6.09 Å². The molecule has 9 nitrogen and oxygen atoms in total. The number of nitrogens with zero attached hydrogens (tertiary/aromatic N) is 2. The van der Waals surface area contributed by atoms with E-state index in [2.05, 4.69) is 10.3 Å². The van der Waals surface area contributed by atoms with E-state index in [9.17, 15) is 22.4 Å². The minimum atomic E-state index is -3.89. The first-order valence-electron chi connectivity index (χ1n) is 7.97. The van der Waals surface area contributed by atoms with Gasteiger partial charge in [-0.05, 0) is 39.8 Å². The van der Waals surface area contributed by atoms with Gasteiger partial charge < -0.3 is 10.1 Å². The molecule has 27 heavy (non-hydrogen) atoms. The Labute approximate surface area is 155 Å². The largest absolute Gasteiger partial charge is 0.444 e. The van der Waals surface area contributed by atoms with E-state index in [-0.39, 0.29) is 16.7 Å². The minimum absolute atomic E-state index is 0.0272. The highest BCUT2D eigenvalue weighted by molar-refractivity contribution is 7.91. The number of aromatic nitrogens is 2. The normalized spacial score (nSPS) is 13.3. The fourth-order valence-electron chi connectivity index (χ4n) is 2.30. The summed E-state index contributed by atoms with van der Waals surface area (Å²) in [7, 11) is -3.89. The van der Waals surface area contributed by atoms with E-state index in [0.29, 0.717) is 4.68 Å². The number of amides is 1. The molecule has 1 atom stereocenters. The second-order valence-electron chi connectivity index (χ2n) is 6.98. The summed E-state index contributed by atoms with van der Waals surface area (Å²) in [5.41, 5.74) is -1.68. The van der Waals surface area contributed by atoms with Crippen molar-refractivity contribution in [3.05, 3.63) is 40.2 Å². The van der Waals surface area contributed by atoms with Crippen LogP contribution in [0.15, 0.2) is 23.0 Å². The van der Waals surface area contributed by atoms with Crippen LogP contribution in [0.25, 0.3) is 10.9 Å². The number of sulfonamides is 1. The Bertz CT molecular complexity index is 1040. The number of carbonyl (C=O) groups is 1. The number of rotatable bonds is 4. The van der Waals surface area contributed by atoms with Crippen molar-refractivity contribution in [1.29, 1.82) is 0 Å². The van der Waals surface area contributed by atoms with Gasteiger partial charge in [-0.25, -0.2) is 27.4 Å². The van der Waals surface area contributed by atoms with Gasteiger partial charge in [-0.15, -0.1) is 0 Å². The molecule has 0 fully saturated rings. The van der Waals surface area contributed by atoms with E-state index in [0.717, 1.165) is 12.3 Å². The van der Waals surface area contributed by atoms with Gasteiger partial charge in [0.05, 0.1) is 17.8 Å². The summed E-state index contributed by atoms with van der Waals surface area (Å²) in [5.74, 6) is -0.970. The van der Waals surface area contributed by atoms with E-state index in [1.165, 1.54) is 19.1 Å². The van der Waals surface area contributed by atoms with E-state index in [1.54, 1.807) is 20.8 Å². The minimum Gasteiger partial charge on any atom is -0.444 e. The molecule has 0 radical (unpaired) electrons. The molecule has 0 aliphatic heterocycles. The van der Waals surface area contributed by atoms with Crippen molar-refractivity contribution in [2.75, 3.05) is 11.1 Å². The predicted molar refractivity (Wildman–Crippen MR) is 98.0 cm³/mol. The molecule has 0 saturated carbocycles. The van der Waals surface area contributed by atoms with Crippen molar-refractivity contribution >= 4 is 27.0 Å². The number of nitrogens with one attached hydrogen (secondary N) is 2. The maximum Gasteiger partial charge on any atom is 0.408 e. The van der Waals surface area contributed by atoms with Crippen LogP contribution in [0, 0.1) is 5.82 Å². The number of halogens is 1. The molecule has 0 spiro atoms. The fraction of sp³-hybridized carbons (Fsp3) is 0.438. The first-order valence-corrected chi connectivity index (χ1v) is 9.86. The van der Waals surface area contributed by atoms with E-state index < -0.39 is 39.1 Å². The number of alkyl carbamates (subject to hydrolysis) is 1. The molecule has 1 aromatic heterocycles. The van der Waals surface area contributed by atoms with Gasteiger partial charge in [-0.1, -0.05) is 6.07 Å². The lowest BCUT2D eigenvalue weighted by Crippen LogP contribution is -2.41. The van der Waals surface area contributed by atoms with Crippen LogP contribution in [0.1, 0.15) is 39.6 Å². The molecule has 2 rings (SSSR count). The highest BCUT2D eigenvalue weighted by Crippen LogP contribution is 2.16. The molecule has 1 aromatic carbocycles. The van der Waals surface area contributed by atoms with Crippen LogP contribution < -0.4 is 15.7 Å². The number of hydrogen-bond acceptors (Lipinski definition) is 6. The Morgan fingerprint density at radius 1 is 1.33 bits per heavy atom. The molecule has 148 valence electrons. The van der Waals surface area contributed by atoms with Crippen molar-refractivity contribution in [3.8, 4) is 0 Å². The molecule has 0 saturated heterocycles. The Balaban J connectivity index is 2.58. The Morgan fingerprint density at radius 3 is 2.52 bits per heavy atom. The lowest BCUT2D eigenvalue weighted by atomic mass is 10.2. The molecule has 0 aliphatic rings. The first-order chi connectivity index (χ1) is 12.3. The van der Waals surface area contributed by atoms with Crippen molar-refractivity contribution in [3.63, 3.8) is 0 Å². The topological polar surface area (TPSA) is 119 Å². The standard InChI is InChI=1S/C16H21FN4O5S/c1-9(18-15(23)26-16(2,3)4)13-19-11-8-6-7-10(17)12(11)14(22)21(13)20-27(5,24)25/h6-9,20H,1-5H3,(H,18,23)/t9-/m0/s1. The summed E-state index contributed by atoms with van der Waals surface area (Å²) in [4.78, 5) is 30.8. The number of carbonyl (C=O) groups excluding carboxylic acids is 1. The van der Waals surface area contributed by atoms with Crippen molar-refractivity contribution in [2.24, 2.45) is 0 Å². The zero-order chi connectivity index (χ0) is 20.6. The summed E-state index contributed by atoms with van der Waals surface area (Å²) >= 11 is 0. The van der Waals surface area contributed by atoms with E-state index in [1.807, 2.05) is 4.83 Å². The average molecular weight is 400 g/mol. The number of ether oxygens (including phenoxy) is 1. The maximum atomic E-state index is 14.1. The lowest BCUT2D eigenvalue weighted by molar-refractivity contribution is 0.0505. The van der Waals surface area contributed by atoms with Crippen LogP contribution in [0.2, 0.25) is 0 Å². The predicted octanol–water partition coefficient (Wildman–Crippen LogP) is 1.62. The number of hydrogen-bond donors (Lipinski definition) is 2. The summed E-state index contributed by atoms with van der Waals surface area (Å²) in [6.07, 6.45) is 0.0512. The highest BCUT2D eigenvalue weighted by Gasteiger charge is 2.24. The summed E-state index contributed by atoms with van der Waals surface area (Å²) in [6, 6.07) is 2.93. The molecule has 2 N–H and O–H groups in total. The van der Waals surface area contributed by atoms with Crippen LogP contribution in [-0.4, -0.2) is 36.0 Å². The van der Waals surface area contributed by atoms with Gasteiger partial charge in [0.25, 0.3) is 5.56 Å². The van der Waals surface area contributed by atoms with Gasteiger partial charge in [-0.3, -0.25) is 4.79 Å². The Hall–Kier alpha value is -2.69. The van der Waals surface area contributed by atoms with Crippen molar-refractivity contribution in [2.45, 2.75) is 39.3 Å². The van der Waals surface area contributed by atoms with Crippen molar-refractivity contribution < 1.29 is 22.3 Å². The van der Waals surface area contributed by atoms with Gasteiger partial charge in [0.15, 0.2) is 5.82 Å². The van der Waals surface area contributed by atoms with Gasteiger partial charge in [0, 0.05) is 0 Å². The first kappa shape index (κ1) is 20.6.